The molecule has 0 spiro atoms. The summed E-state index contributed by atoms with van der Waals surface area (Å²) in [6.07, 6.45) is 8.70. The fraction of sp³-hybridized carbons (Fsp3) is 0.889. The molecule has 2 unspecified atom stereocenters. The molecule has 0 aromatic rings. The Balaban J connectivity index is 1.67. The van der Waals surface area contributed by atoms with Gasteiger partial charge in [0, 0.05) is 24.4 Å². The normalized spacial score (nSPS) is 35.0. The van der Waals surface area contributed by atoms with Gasteiger partial charge in [-0.1, -0.05) is 19.3 Å². The summed E-state index contributed by atoms with van der Waals surface area (Å²) in [5.41, 5.74) is 0. The van der Waals surface area contributed by atoms with E-state index in [-0.39, 0.29) is 29.9 Å². The second-order valence-electron chi connectivity index (χ2n) is 7.45. The van der Waals surface area contributed by atoms with Gasteiger partial charge in [0.2, 0.25) is 0 Å². The Morgan fingerprint density at radius 3 is 2.52 bits per heavy atom. The number of piperidine rings is 1. The van der Waals surface area contributed by atoms with Crippen LogP contribution in [-0.2, 0) is 19.1 Å². The quantitative estimate of drug-likeness (QED) is 0.744. The van der Waals surface area contributed by atoms with Crippen LogP contribution < -0.4 is 0 Å². The number of nitrogens with zero attached hydrogens (tertiary/aromatic N) is 1. The minimum Gasteiger partial charge on any atom is -0.469 e. The molecule has 5 heteroatoms. The molecule has 0 aromatic heterocycles. The van der Waals surface area contributed by atoms with Crippen molar-refractivity contribution in [3.8, 4) is 0 Å². The molecule has 0 radical (unpaired) electrons. The summed E-state index contributed by atoms with van der Waals surface area (Å²) in [5.74, 6) is -0.0976. The van der Waals surface area contributed by atoms with Gasteiger partial charge in [0.1, 0.15) is 6.10 Å². The van der Waals surface area contributed by atoms with Crippen molar-refractivity contribution in [3.63, 3.8) is 0 Å². The van der Waals surface area contributed by atoms with Gasteiger partial charge >= 0.3 is 11.9 Å². The fourth-order valence-corrected chi connectivity index (χ4v) is 4.79. The first-order valence-corrected chi connectivity index (χ1v) is 9.09. The Hall–Kier alpha value is -1.10. The van der Waals surface area contributed by atoms with Crippen molar-refractivity contribution in [2.75, 3.05) is 14.2 Å². The summed E-state index contributed by atoms with van der Waals surface area (Å²) < 4.78 is 10.8. The predicted octanol–water partition coefficient (Wildman–Crippen LogP) is 2.52. The van der Waals surface area contributed by atoms with E-state index in [9.17, 15) is 9.59 Å². The number of rotatable bonds is 4. The zero-order valence-corrected chi connectivity index (χ0v) is 14.3. The van der Waals surface area contributed by atoms with Gasteiger partial charge < -0.3 is 9.47 Å². The summed E-state index contributed by atoms with van der Waals surface area (Å²) in [7, 11) is 3.56. The van der Waals surface area contributed by atoms with Gasteiger partial charge in [-0.15, -0.1) is 0 Å². The number of hydrogen-bond acceptors (Lipinski definition) is 5. The first kappa shape index (κ1) is 16.7. The highest BCUT2D eigenvalue weighted by Gasteiger charge is 2.48. The molecule has 0 amide bonds. The van der Waals surface area contributed by atoms with Crippen molar-refractivity contribution in [3.05, 3.63) is 0 Å². The molecule has 2 bridgehead atoms. The van der Waals surface area contributed by atoms with Crippen LogP contribution in [0.3, 0.4) is 0 Å². The second kappa shape index (κ2) is 7.20. The van der Waals surface area contributed by atoms with Crippen molar-refractivity contribution < 1.29 is 19.1 Å². The van der Waals surface area contributed by atoms with E-state index in [2.05, 4.69) is 11.9 Å². The number of carbonyl (C=O) groups excluding carboxylic acids is 2. The molecule has 0 aromatic carbocycles. The minimum atomic E-state index is -0.201. The van der Waals surface area contributed by atoms with Crippen LogP contribution >= 0.6 is 0 Å². The van der Waals surface area contributed by atoms with Crippen molar-refractivity contribution in [1.29, 1.82) is 0 Å². The molecule has 1 saturated carbocycles. The Bertz CT molecular complexity index is 446. The van der Waals surface area contributed by atoms with E-state index in [4.69, 9.17) is 9.47 Å². The van der Waals surface area contributed by atoms with E-state index in [0.29, 0.717) is 18.5 Å². The largest absolute Gasteiger partial charge is 0.469 e. The molecule has 23 heavy (non-hydrogen) atoms. The third-order valence-corrected chi connectivity index (χ3v) is 6.21. The number of ether oxygens (including phenoxy) is 2. The Labute approximate surface area is 138 Å². The summed E-state index contributed by atoms with van der Waals surface area (Å²) in [6, 6.07) is 0.815. The second-order valence-corrected chi connectivity index (χ2v) is 7.45. The smallest absolute Gasteiger partial charge is 0.309 e. The van der Waals surface area contributed by atoms with Crippen LogP contribution in [0.25, 0.3) is 0 Å². The van der Waals surface area contributed by atoms with E-state index in [0.717, 1.165) is 44.9 Å². The van der Waals surface area contributed by atoms with Crippen LogP contribution in [0.1, 0.15) is 57.8 Å². The minimum absolute atomic E-state index is 0.0338. The standard InChI is InChI=1S/C18H29NO4/c1-19-13-8-9-15(19)14(11-17(20)22-2)16(10-13)23-18(21)12-6-4-3-5-7-12/h12-16H,3-11H2,1-2H3/t13-,14?,15?,16+/m1/s1. The number of methoxy groups -OCH3 is 1. The Morgan fingerprint density at radius 1 is 1.09 bits per heavy atom. The summed E-state index contributed by atoms with van der Waals surface area (Å²) in [5, 5.41) is 0. The van der Waals surface area contributed by atoms with Crippen LogP contribution in [-0.4, -0.2) is 49.2 Å². The third-order valence-electron chi connectivity index (χ3n) is 6.21. The molecule has 2 aliphatic heterocycles. The van der Waals surface area contributed by atoms with Gasteiger partial charge in [0.05, 0.1) is 19.4 Å². The lowest BCUT2D eigenvalue weighted by Crippen LogP contribution is -2.51. The maximum absolute atomic E-state index is 12.5. The number of fused-ring (bicyclic) bond motifs is 2. The highest BCUT2D eigenvalue weighted by Crippen LogP contribution is 2.41. The molecular formula is C18H29NO4. The molecule has 1 aliphatic carbocycles. The Morgan fingerprint density at radius 2 is 1.83 bits per heavy atom. The molecule has 3 rings (SSSR count). The molecule has 2 heterocycles. The van der Waals surface area contributed by atoms with Gasteiger partial charge in [0.15, 0.2) is 0 Å². The van der Waals surface area contributed by atoms with Crippen LogP contribution in [0.2, 0.25) is 0 Å². The zero-order valence-electron chi connectivity index (χ0n) is 14.3. The van der Waals surface area contributed by atoms with Crippen LogP contribution in [0.4, 0.5) is 0 Å². The van der Waals surface area contributed by atoms with Crippen molar-refractivity contribution in [2.45, 2.75) is 76.0 Å². The van der Waals surface area contributed by atoms with Gasteiger partial charge in [0.25, 0.3) is 0 Å². The van der Waals surface area contributed by atoms with E-state index < -0.39 is 0 Å². The monoisotopic (exact) mass is 323 g/mol. The lowest BCUT2D eigenvalue weighted by molar-refractivity contribution is -0.166. The first-order chi connectivity index (χ1) is 11.1. The third kappa shape index (κ3) is 3.54. The van der Waals surface area contributed by atoms with Crippen LogP contribution in [0.5, 0.6) is 0 Å². The maximum atomic E-state index is 12.5. The average Bonchev–Trinajstić information content (AvgIpc) is 2.82. The van der Waals surface area contributed by atoms with Gasteiger partial charge in [-0.2, -0.15) is 0 Å². The van der Waals surface area contributed by atoms with Gasteiger partial charge in [-0.05, 0) is 32.7 Å². The maximum Gasteiger partial charge on any atom is 0.309 e. The summed E-state index contributed by atoms with van der Waals surface area (Å²) >= 11 is 0. The van der Waals surface area contributed by atoms with E-state index in [1.807, 2.05) is 0 Å². The van der Waals surface area contributed by atoms with E-state index in [1.165, 1.54) is 13.5 Å². The molecule has 3 aliphatic rings. The van der Waals surface area contributed by atoms with Crippen molar-refractivity contribution in [1.82, 2.24) is 4.90 Å². The van der Waals surface area contributed by atoms with Gasteiger partial charge in [-0.3, -0.25) is 14.5 Å². The number of esters is 2. The predicted molar refractivity (Wildman–Crippen MR) is 85.8 cm³/mol. The molecule has 2 saturated heterocycles. The van der Waals surface area contributed by atoms with Gasteiger partial charge in [-0.25, -0.2) is 0 Å². The molecule has 0 N–H and O–H groups in total. The van der Waals surface area contributed by atoms with E-state index >= 15 is 0 Å². The average molecular weight is 323 g/mol. The van der Waals surface area contributed by atoms with Crippen LogP contribution in [0.15, 0.2) is 0 Å². The summed E-state index contributed by atoms with van der Waals surface area (Å²) in [4.78, 5) is 26.7. The highest BCUT2D eigenvalue weighted by atomic mass is 16.5. The SMILES string of the molecule is COC(=O)CC1C2CC[C@H](C[C@@H]1OC(=O)C1CCCCC1)N2C. The fourth-order valence-electron chi connectivity index (χ4n) is 4.79. The van der Waals surface area contributed by atoms with E-state index in [1.54, 1.807) is 0 Å². The zero-order chi connectivity index (χ0) is 16.4. The number of carbonyl (C=O) groups is 2. The highest BCUT2D eigenvalue weighted by molar-refractivity contribution is 5.73. The molecule has 4 atom stereocenters. The topological polar surface area (TPSA) is 55.8 Å². The molecule has 3 fully saturated rings. The molecule has 130 valence electrons. The van der Waals surface area contributed by atoms with Crippen LogP contribution in [0, 0.1) is 11.8 Å². The summed E-state index contributed by atoms with van der Waals surface area (Å²) in [6.45, 7) is 0. The lowest BCUT2D eigenvalue weighted by atomic mass is 9.84. The molecular weight excluding hydrogens is 294 g/mol. The van der Waals surface area contributed by atoms with Crippen molar-refractivity contribution >= 4 is 11.9 Å². The lowest BCUT2D eigenvalue weighted by Gasteiger charge is -2.42. The molecule has 5 nitrogen and oxygen atoms in total. The first-order valence-electron chi connectivity index (χ1n) is 9.09. The van der Waals surface area contributed by atoms with Crippen molar-refractivity contribution in [2.24, 2.45) is 11.8 Å². The Kier molecular flexibility index (Phi) is 5.24. The number of hydrogen-bond donors (Lipinski definition) is 0.